The Morgan fingerprint density at radius 3 is 2.46 bits per heavy atom. The van der Waals surface area contributed by atoms with E-state index in [0.717, 1.165) is 21.8 Å². The van der Waals surface area contributed by atoms with Crippen molar-refractivity contribution in [2.45, 2.75) is 38.2 Å². The van der Waals surface area contributed by atoms with Crippen LogP contribution in [0.25, 0.3) is 0 Å². The Kier molecular flexibility index (Phi) is 8.69. The van der Waals surface area contributed by atoms with Gasteiger partial charge in [0.15, 0.2) is 23.9 Å². The first kappa shape index (κ1) is 27.9. The second-order valence-electron chi connectivity index (χ2n) is 8.88. The van der Waals surface area contributed by atoms with Gasteiger partial charge in [-0.05, 0) is 23.3 Å². The second-order valence-corrected chi connectivity index (χ2v) is 9.74. The van der Waals surface area contributed by atoms with Crippen molar-refractivity contribution in [2.75, 3.05) is 19.0 Å². The number of methoxy groups -OCH3 is 1. The third-order valence-corrected chi connectivity index (χ3v) is 7.10. The molecule has 3 N–H and O–H groups in total. The number of rotatable bonds is 10. The Morgan fingerprint density at radius 1 is 1.15 bits per heavy atom. The average molecular weight is 553 g/mol. The molecule has 2 amide bonds. The fraction of sp³-hybridized carbons (Fsp3) is 0.296. The SMILES string of the molecule is COC(=O)COc1ccc([C@H]2NC(O)N([C@H](C(=O)Nc3nc(C(C)=O)cs3)[C@@H](C)c3ccccc3)C2=O)cc1. The lowest BCUT2D eigenvalue weighted by Gasteiger charge is -2.33. The van der Waals surface area contributed by atoms with Crippen LogP contribution in [0.1, 0.15) is 47.4 Å². The summed E-state index contributed by atoms with van der Waals surface area (Å²) in [4.78, 5) is 55.5. The van der Waals surface area contributed by atoms with Gasteiger partial charge in [0.1, 0.15) is 23.5 Å². The fourth-order valence-electron chi connectivity index (χ4n) is 4.26. The first-order chi connectivity index (χ1) is 18.7. The number of hydrogen-bond acceptors (Lipinski definition) is 10. The summed E-state index contributed by atoms with van der Waals surface area (Å²) in [7, 11) is 1.26. The summed E-state index contributed by atoms with van der Waals surface area (Å²) >= 11 is 1.09. The first-order valence-corrected chi connectivity index (χ1v) is 13.0. The summed E-state index contributed by atoms with van der Waals surface area (Å²) in [6, 6.07) is 13.6. The standard InChI is InChI=1S/C27H28N4O7S/c1-15(17-7-5-4-6-8-17)23(24(34)30-26-28-20(14-39-26)16(2)32)31-25(35)22(29-27(31)36)18-9-11-19(12-10-18)38-13-21(33)37-3/h4-12,14-15,22-23,27,29,36H,13H2,1-3H3,(H,28,30,34)/t15-,22+,23-,27?/m0/s1. The molecule has 11 nitrogen and oxygen atoms in total. The molecule has 3 aromatic rings. The number of anilines is 1. The minimum atomic E-state index is -1.45. The van der Waals surface area contributed by atoms with Crippen LogP contribution in [0.15, 0.2) is 60.0 Å². The third-order valence-electron chi connectivity index (χ3n) is 6.34. The predicted molar refractivity (Wildman–Crippen MR) is 142 cm³/mol. The average Bonchev–Trinajstić information content (AvgIpc) is 3.52. The van der Waals surface area contributed by atoms with Gasteiger partial charge in [0, 0.05) is 18.2 Å². The molecule has 4 atom stereocenters. The molecule has 0 radical (unpaired) electrons. The highest BCUT2D eigenvalue weighted by atomic mass is 32.1. The van der Waals surface area contributed by atoms with Crippen molar-refractivity contribution >= 4 is 40.0 Å². The molecule has 2 heterocycles. The van der Waals surface area contributed by atoms with Crippen LogP contribution in [0, 0.1) is 0 Å². The van der Waals surface area contributed by atoms with Crippen LogP contribution in [0.4, 0.5) is 5.13 Å². The Balaban J connectivity index is 1.59. The molecule has 0 bridgehead atoms. The molecule has 39 heavy (non-hydrogen) atoms. The zero-order valence-electron chi connectivity index (χ0n) is 21.5. The van der Waals surface area contributed by atoms with Crippen molar-refractivity contribution in [1.82, 2.24) is 15.2 Å². The number of carbonyl (C=O) groups is 4. The van der Waals surface area contributed by atoms with Gasteiger partial charge in [-0.1, -0.05) is 49.4 Å². The lowest BCUT2D eigenvalue weighted by Crippen LogP contribution is -2.52. The van der Waals surface area contributed by atoms with E-state index in [-0.39, 0.29) is 23.2 Å². The van der Waals surface area contributed by atoms with Gasteiger partial charge in [-0.25, -0.2) is 9.78 Å². The second kappa shape index (κ2) is 12.2. The maximum atomic E-state index is 13.7. The number of aliphatic hydroxyl groups is 1. The van der Waals surface area contributed by atoms with E-state index in [2.05, 4.69) is 20.4 Å². The molecule has 1 unspecified atom stereocenters. The van der Waals surface area contributed by atoms with Crippen molar-refractivity contribution in [3.8, 4) is 5.75 Å². The number of carbonyl (C=O) groups excluding carboxylic acids is 4. The minimum Gasteiger partial charge on any atom is -0.482 e. The lowest BCUT2D eigenvalue weighted by atomic mass is 9.91. The number of ether oxygens (including phenoxy) is 2. The smallest absolute Gasteiger partial charge is 0.343 e. The highest BCUT2D eigenvalue weighted by Gasteiger charge is 2.47. The number of ketones is 1. The zero-order chi connectivity index (χ0) is 28.1. The molecule has 1 aromatic heterocycles. The fourth-order valence-corrected chi connectivity index (χ4v) is 5.01. The van der Waals surface area contributed by atoms with Gasteiger partial charge in [0.25, 0.3) is 0 Å². The summed E-state index contributed by atoms with van der Waals surface area (Å²) in [5.74, 6) is -1.94. The molecular weight excluding hydrogens is 524 g/mol. The van der Waals surface area contributed by atoms with Gasteiger partial charge in [0.05, 0.1) is 7.11 Å². The topological polar surface area (TPSA) is 147 Å². The minimum absolute atomic E-state index is 0.212. The molecule has 1 saturated heterocycles. The zero-order valence-corrected chi connectivity index (χ0v) is 22.3. The number of nitrogens with zero attached hydrogens (tertiary/aromatic N) is 2. The summed E-state index contributed by atoms with van der Waals surface area (Å²) in [6.45, 7) is 2.91. The Labute approximate surface area is 228 Å². The number of aliphatic hydroxyl groups excluding tert-OH is 1. The monoisotopic (exact) mass is 552 g/mol. The Morgan fingerprint density at radius 2 is 1.85 bits per heavy atom. The van der Waals surface area contributed by atoms with Gasteiger partial charge < -0.3 is 19.9 Å². The van der Waals surface area contributed by atoms with Gasteiger partial charge in [0.2, 0.25) is 11.8 Å². The predicted octanol–water partition coefficient (Wildman–Crippen LogP) is 2.46. The number of benzene rings is 2. The molecule has 4 rings (SSSR count). The van der Waals surface area contributed by atoms with Gasteiger partial charge in [-0.3, -0.25) is 24.6 Å². The highest BCUT2D eigenvalue weighted by Crippen LogP contribution is 2.33. The maximum absolute atomic E-state index is 13.7. The van der Waals surface area contributed by atoms with Crippen molar-refractivity contribution in [2.24, 2.45) is 0 Å². The number of esters is 1. The van der Waals surface area contributed by atoms with Gasteiger partial charge in [-0.15, -0.1) is 11.3 Å². The van der Waals surface area contributed by atoms with Gasteiger partial charge in [-0.2, -0.15) is 0 Å². The molecule has 0 aliphatic carbocycles. The van der Waals surface area contributed by atoms with E-state index >= 15 is 0 Å². The van der Waals surface area contributed by atoms with Crippen LogP contribution >= 0.6 is 11.3 Å². The molecule has 204 valence electrons. The molecule has 1 aliphatic heterocycles. The molecule has 12 heteroatoms. The summed E-state index contributed by atoms with van der Waals surface area (Å²) in [5, 5.41) is 18.3. The van der Waals surface area contributed by atoms with Crippen LogP contribution in [0.3, 0.4) is 0 Å². The van der Waals surface area contributed by atoms with E-state index in [1.807, 2.05) is 30.3 Å². The Hall–Kier alpha value is -4.13. The number of amides is 2. The number of aromatic nitrogens is 1. The first-order valence-electron chi connectivity index (χ1n) is 12.1. The number of thiazole rings is 1. The van der Waals surface area contributed by atoms with Crippen molar-refractivity contribution in [3.63, 3.8) is 0 Å². The number of Topliss-reactive ketones (excluding diaryl/α,β-unsaturated/α-hetero) is 1. The van der Waals surface area contributed by atoms with Gasteiger partial charge >= 0.3 is 5.97 Å². The van der Waals surface area contributed by atoms with Crippen LogP contribution in [0.2, 0.25) is 0 Å². The van der Waals surface area contributed by atoms with Crippen molar-refractivity contribution in [1.29, 1.82) is 0 Å². The molecule has 1 aliphatic rings. The normalized spacial score (nSPS) is 18.4. The van der Waals surface area contributed by atoms with Crippen LogP contribution < -0.4 is 15.4 Å². The quantitative estimate of drug-likeness (QED) is 0.255. The molecule has 2 aromatic carbocycles. The van der Waals surface area contributed by atoms with E-state index in [4.69, 9.17) is 4.74 Å². The van der Waals surface area contributed by atoms with E-state index in [1.54, 1.807) is 36.6 Å². The summed E-state index contributed by atoms with van der Waals surface area (Å²) in [5.41, 5.74) is 1.54. The largest absolute Gasteiger partial charge is 0.482 e. The van der Waals surface area contributed by atoms with Crippen LogP contribution in [-0.2, 0) is 19.1 Å². The lowest BCUT2D eigenvalue weighted by molar-refractivity contribution is -0.144. The Bertz CT molecular complexity index is 1350. The number of hydrogen-bond donors (Lipinski definition) is 3. The maximum Gasteiger partial charge on any atom is 0.343 e. The van der Waals surface area contributed by atoms with E-state index in [9.17, 15) is 24.3 Å². The van der Waals surface area contributed by atoms with E-state index < -0.39 is 42.1 Å². The van der Waals surface area contributed by atoms with Crippen molar-refractivity contribution < 1.29 is 33.8 Å². The molecule has 0 spiro atoms. The van der Waals surface area contributed by atoms with E-state index in [0.29, 0.717) is 11.3 Å². The highest BCUT2D eigenvalue weighted by molar-refractivity contribution is 7.14. The van der Waals surface area contributed by atoms with Crippen LogP contribution in [-0.4, -0.2) is 64.7 Å². The number of nitrogens with one attached hydrogen (secondary N) is 2. The molecular formula is C27H28N4O7S. The van der Waals surface area contributed by atoms with E-state index in [1.165, 1.54) is 14.0 Å². The van der Waals surface area contributed by atoms with Crippen LogP contribution in [0.5, 0.6) is 5.75 Å². The molecule has 1 fully saturated rings. The summed E-state index contributed by atoms with van der Waals surface area (Å²) < 4.78 is 9.90. The third kappa shape index (κ3) is 6.30. The molecule has 0 saturated carbocycles. The van der Waals surface area contributed by atoms with Crippen molar-refractivity contribution in [3.05, 3.63) is 76.8 Å². The summed E-state index contributed by atoms with van der Waals surface area (Å²) in [6.07, 6.45) is -1.45.